The Labute approximate surface area is 156 Å². The van der Waals surface area contributed by atoms with E-state index in [2.05, 4.69) is 36.5 Å². The third-order valence-corrected chi connectivity index (χ3v) is 5.23. The molecule has 0 aromatic heterocycles. The Balaban J connectivity index is 1.90. The predicted octanol–water partition coefficient (Wildman–Crippen LogP) is 2.15. The maximum Gasteiger partial charge on any atom is 0.276 e. The summed E-state index contributed by atoms with van der Waals surface area (Å²) < 4.78 is 0. The van der Waals surface area contributed by atoms with Crippen LogP contribution in [0.4, 0.5) is 0 Å². The molecule has 0 bridgehead atoms. The molecule has 1 atom stereocenters. The minimum atomic E-state index is -0.343. The number of carbonyl (C=O) groups is 1. The zero-order chi connectivity index (χ0) is 18.1. The van der Waals surface area contributed by atoms with Crippen LogP contribution >= 0.6 is 11.8 Å². The fourth-order valence-corrected chi connectivity index (χ4v) is 3.76. The number of hydrazone groups is 1. The minimum absolute atomic E-state index is 0.131. The van der Waals surface area contributed by atoms with E-state index in [-0.39, 0.29) is 12.1 Å². The van der Waals surface area contributed by atoms with Crippen LogP contribution in [0, 0.1) is 0 Å². The van der Waals surface area contributed by atoms with E-state index in [9.17, 15) is 4.79 Å². The summed E-state index contributed by atoms with van der Waals surface area (Å²) in [6, 6.07) is 16.1. The van der Waals surface area contributed by atoms with Crippen LogP contribution in [0.3, 0.4) is 0 Å². The Morgan fingerprint density at radius 3 is 2.62 bits per heavy atom. The highest BCUT2D eigenvalue weighted by Gasteiger charge is 2.34. The van der Waals surface area contributed by atoms with Crippen molar-refractivity contribution in [2.45, 2.75) is 26.4 Å². The van der Waals surface area contributed by atoms with Gasteiger partial charge in [-0.05, 0) is 29.4 Å². The summed E-state index contributed by atoms with van der Waals surface area (Å²) in [5.74, 6) is 0.708. The van der Waals surface area contributed by atoms with Crippen LogP contribution in [0.5, 0.6) is 0 Å². The largest absolute Gasteiger partial charge is 0.298 e. The SMILES string of the molecule is CCSC1=NN2C(=c3ccccc3=N[C@@H]2c2ccc(CC)cc2)C(=O)N1. The molecule has 4 rings (SSSR count). The summed E-state index contributed by atoms with van der Waals surface area (Å²) in [6.45, 7) is 4.17. The molecule has 0 fully saturated rings. The first-order valence-corrected chi connectivity index (χ1v) is 9.77. The number of fused-ring (bicyclic) bond motifs is 2. The van der Waals surface area contributed by atoms with Gasteiger partial charge in [-0.1, -0.05) is 68.1 Å². The summed E-state index contributed by atoms with van der Waals surface area (Å²) in [7, 11) is 0. The molecule has 26 heavy (non-hydrogen) atoms. The van der Waals surface area contributed by atoms with E-state index in [1.807, 2.05) is 31.2 Å². The van der Waals surface area contributed by atoms with Crippen LogP contribution in [0.15, 0.2) is 58.6 Å². The maximum absolute atomic E-state index is 12.8. The molecule has 2 heterocycles. The molecular weight excluding hydrogens is 344 g/mol. The standard InChI is InChI=1S/C20H20N4OS/c1-3-13-9-11-14(12-10-13)18-21-16-8-6-5-7-15(16)17-19(25)22-20(26-4-2)23-24(17)18/h5-12,18H,3-4H2,1-2H3,(H,22,23,25)/t18-/m0/s1. The second-order valence-corrected chi connectivity index (χ2v) is 7.35. The molecule has 6 heteroatoms. The molecule has 0 spiro atoms. The normalized spacial score (nSPS) is 18.5. The van der Waals surface area contributed by atoms with Crippen molar-refractivity contribution >= 4 is 28.5 Å². The van der Waals surface area contributed by atoms with Crippen molar-refractivity contribution in [1.82, 2.24) is 10.3 Å². The second-order valence-electron chi connectivity index (χ2n) is 6.10. The topological polar surface area (TPSA) is 57.1 Å². The number of hydrogen-bond donors (Lipinski definition) is 1. The lowest BCUT2D eigenvalue weighted by Crippen LogP contribution is -2.50. The number of rotatable bonds is 3. The van der Waals surface area contributed by atoms with Crippen LogP contribution in [-0.4, -0.2) is 21.8 Å². The lowest BCUT2D eigenvalue weighted by molar-refractivity contribution is -0.116. The highest BCUT2D eigenvalue weighted by Crippen LogP contribution is 2.30. The lowest BCUT2D eigenvalue weighted by Gasteiger charge is -2.34. The number of hydrogen-bond acceptors (Lipinski definition) is 5. The number of nitrogens with zero attached hydrogens (tertiary/aromatic N) is 3. The van der Waals surface area contributed by atoms with Gasteiger partial charge in [-0.3, -0.25) is 15.1 Å². The summed E-state index contributed by atoms with van der Waals surface area (Å²) in [5.41, 5.74) is 2.85. The number of carbonyl (C=O) groups excluding carboxylic acids is 1. The van der Waals surface area contributed by atoms with Crippen molar-refractivity contribution in [3.05, 3.63) is 70.2 Å². The van der Waals surface area contributed by atoms with Crippen molar-refractivity contribution in [2.75, 3.05) is 5.75 Å². The molecule has 2 aliphatic rings. The number of amides is 1. The first-order chi connectivity index (χ1) is 12.7. The summed E-state index contributed by atoms with van der Waals surface area (Å²) >= 11 is 1.52. The first kappa shape index (κ1) is 16.8. The Hall–Kier alpha value is -2.60. The van der Waals surface area contributed by atoms with E-state index >= 15 is 0 Å². The number of nitrogens with one attached hydrogen (secondary N) is 1. The van der Waals surface area contributed by atoms with Gasteiger partial charge in [0.05, 0.1) is 5.36 Å². The van der Waals surface area contributed by atoms with Gasteiger partial charge in [0.25, 0.3) is 5.91 Å². The van der Waals surface area contributed by atoms with E-state index in [4.69, 9.17) is 10.1 Å². The first-order valence-electron chi connectivity index (χ1n) is 8.79. The molecular formula is C20H20N4OS. The average Bonchev–Trinajstić information content (AvgIpc) is 2.67. The summed E-state index contributed by atoms with van der Waals surface area (Å²) in [5, 5.41) is 11.6. The molecule has 132 valence electrons. The average molecular weight is 364 g/mol. The van der Waals surface area contributed by atoms with Gasteiger partial charge in [0.15, 0.2) is 11.3 Å². The molecule has 0 radical (unpaired) electrons. The van der Waals surface area contributed by atoms with Crippen LogP contribution < -0.4 is 15.9 Å². The summed E-state index contributed by atoms with van der Waals surface area (Å²) in [6.07, 6.45) is 0.647. The van der Waals surface area contributed by atoms with Gasteiger partial charge in [-0.25, -0.2) is 5.01 Å². The molecule has 0 aliphatic carbocycles. The molecule has 2 aromatic rings. The number of aryl methyl sites for hydroxylation is 1. The maximum atomic E-state index is 12.8. The number of amidine groups is 1. The van der Waals surface area contributed by atoms with Crippen LogP contribution in [0.2, 0.25) is 0 Å². The van der Waals surface area contributed by atoms with Gasteiger partial charge in [0, 0.05) is 5.22 Å². The van der Waals surface area contributed by atoms with Crippen molar-refractivity contribution in [3.8, 4) is 0 Å². The number of thioether (sulfide) groups is 1. The Morgan fingerprint density at radius 2 is 1.88 bits per heavy atom. The molecule has 2 aromatic carbocycles. The Morgan fingerprint density at radius 1 is 1.12 bits per heavy atom. The molecule has 2 aliphatic heterocycles. The van der Waals surface area contributed by atoms with Gasteiger partial charge in [-0.2, -0.15) is 0 Å². The fraction of sp³-hybridized carbons (Fsp3) is 0.250. The summed E-state index contributed by atoms with van der Waals surface area (Å²) in [4.78, 5) is 17.7. The van der Waals surface area contributed by atoms with Gasteiger partial charge < -0.3 is 0 Å². The molecule has 1 amide bonds. The van der Waals surface area contributed by atoms with Gasteiger partial charge in [0.1, 0.15) is 5.70 Å². The van der Waals surface area contributed by atoms with E-state index < -0.39 is 0 Å². The Bertz CT molecular complexity index is 997. The third kappa shape index (κ3) is 2.90. The van der Waals surface area contributed by atoms with Gasteiger partial charge in [0.2, 0.25) is 0 Å². The van der Waals surface area contributed by atoms with E-state index in [0.29, 0.717) is 10.9 Å². The second kappa shape index (κ2) is 6.96. The van der Waals surface area contributed by atoms with Crippen LogP contribution in [0.25, 0.3) is 5.70 Å². The van der Waals surface area contributed by atoms with Crippen molar-refractivity contribution in [2.24, 2.45) is 10.1 Å². The van der Waals surface area contributed by atoms with Crippen LogP contribution in [-0.2, 0) is 11.2 Å². The van der Waals surface area contributed by atoms with E-state index in [1.54, 1.807) is 5.01 Å². The van der Waals surface area contributed by atoms with E-state index in [1.165, 1.54) is 17.3 Å². The van der Waals surface area contributed by atoms with Crippen LogP contribution in [0.1, 0.15) is 31.1 Å². The van der Waals surface area contributed by atoms with E-state index in [0.717, 1.165) is 28.3 Å². The highest BCUT2D eigenvalue weighted by molar-refractivity contribution is 8.13. The van der Waals surface area contributed by atoms with Crippen molar-refractivity contribution in [1.29, 1.82) is 0 Å². The molecule has 0 unspecified atom stereocenters. The molecule has 0 saturated heterocycles. The minimum Gasteiger partial charge on any atom is -0.298 e. The zero-order valence-electron chi connectivity index (χ0n) is 14.8. The Kier molecular flexibility index (Phi) is 4.51. The van der Waals surface area contributed by atoms with Crippen molar-refractivity contribution in [3.63, 3.8) is 0 Å². The van der Waals surface area contributed by atoms with Gasteiger partial charge in [-0.15, -0.1) is 5.10 Å². The smallest absolute Gasteiger partial charge is 0.276 e. The lowest BCUT2D eigenvalue weighted by atomic mass is 10.1. The quantitative estimate of drug-likeness (QED) is 0.908. The third-order valence-electron chi connectivity index (χ3n) is 4.48. The number of para-hydroxylation sites is 1. The zero-order valence-corrected chi connectivity index (χ0v) is 15.6. The monoisotopic (exact) mass is 364 g/mol. The molecule has 5 nitrogen and oxygen atoms in total. The van der Waals surface area contributed by atoms with Gasteiger partial charge >= 0.3 is 0 Å². The number of benzene rings is 2. The predicted molar refractivity (Wildman–Crippen MR) is 105 cm³/mol. The molecule has 1 N–H and O–H groups in total. The molecule has 0 saturated carbocycles. The highest BCUT2D eigenvalue weighted by atomic mass is 32.2. The fourth-order valence-electron chi connectivity index (χ4n) is 3.17. The van der Waals surface area contributed by atoms with Crippen molar-refractivity contribution < 1.29 is 4.79 Å².